The molecule has 3 rings (SSSR count). The van der Waals surface area contributed by atoms with Gasteiger partial charge in [0, 0.05) is 23.2 Å². The quantitative estimate of drug-likeness (QED) is 0.639. The molecule has 6 nitrogen and oxygen atoms in total. The van der Waals surface area contributed by atoms with Crippen LogP contribution in [-0.2, 0) is 11.3 Å². The number of nitrogens with one attached hydrogen (secondary N) is 1. The summed E-state index contributed by atoms with van der Waals surface area (Å²) in [6.07, 6.45) is -7.11. The Bertz CT molecular complexity index is 980. The molecule has 1 unspecified atom stereocenters. The summed E-state index contributed by atoms with van der Waals surface area (Å²) in [5, 5.41) is 2.72. The average Bonchev–Trinajstić information content (AvgIpc) is 3.05. The van der Waals surface area contributed by atoms with Crippen molar-refractivity contribution in [2.45, 2.75) is 45.9 Å². The predicted molar refractivity (Wildman–Crippen MR) is 104 cm³/mol. The minimum Gasteiger partial charge on any atom is -0.428 e. The number of amides is 2. The Morgan fingerprint density at radius 1 is 1.16 bits per heavy atom. The van der Waals surface area contributed by atoms with Crippen LogP contribution in [0.1, 0.15) is 48.3 Å². The second-order valence-electron chi connectivity index (χ2n) is 7.47. The molecule has 0 fully saturated rings. The number of alkyl halides is 4. The van der Waals surface area contributed by atoms with Gasteiger partial charge in [0.15, 0.2) is 0 Å². The summed E-state index contributed by atoms with van der Waals surface area (Å²) < 4.78 is 54.7. The summed E-state index contributed by atoms with van der Waals surface area (Å²) >= 11 is 0. The fourth-order valence-electron chi connectivity index (χ4n) is 3.13. The maximum absolute atomic E-state index is 13.1. The third-order valence-electron chi connectivity index (χ3n) is 4.98. The predicted octanol–water partition coefficient (Wildman–Crippen LogP) is 4.63. The first-order chi connectivity index (χ1) is 14.5. The number of aromatic nitrogens is 1. The number of nitrogens with zero attached hydrogens (tertiary/aromatic N) is 2. The molecule has 2 aromatic rings. The highest BCUT2D eigenvalue weighted by molar-refractivity contribution is 6.01. The third-order valence-corrected chi connectivity index (χ3v) is 4.98. The number of hydrogen-bond donors (Lipinski definition) is 1. The van der Waals surface area contributed by atoms with E-state index < -0.39 is 24.3 Å². The van der Waals surface area contributed by atoms with Gasteiger partial charge < -0.3 is 15.0 Å². The summed E-state index contributed by atoms with van der Waals surface area (Å²) in [5.41, 5.74) is 1.59. The molecule has 1 atom stereocenters. The van der Waals surface area contributed by atoms with Crippen molar-refractivity contribution in [2.75, 3.05) is 5.32 Å². The van der Waals surface area contributed by atoms with E-state index in [0.717, 1.165) is 12.1 Å². The lowest BCUT2D eigenvalue weighted by molar-refractivity contribution is -0.253. The van der Waals surface area contributed by atoms with E-state index in [2.05, 4.69) is 15.0 Å². The summed E-state index contributed by atoms with van der Waals surface area (Å²) in [7, 11) is 0. The molecule has 1 aliphatic heterocycles. The molecule has 0 saturated heterocycles. The number of hydrogen-bond acceptors (Lipinski definition) is 4. The van der Waals surface area contributed by atoms with E-state index in [0.29, 0.717) is 22.5 Å². The smallest absolute Gasteiger partial charge is 0.428 e. The van der Waals surface area contributed by atoms with Gasteiger partial charge in [-0.1, -0.05) is 26.0 Å². The number of pyridine rings is 1. The van der Waals surface area contributed by atoms with E-state index in [1.54, 1.807) is 31.7 Å². The van der Waals surface area contributed by atoms with Crippen LogP contribution in [0.2, 0.25) is 0 Å². The minimum absolute atomic E-state index is 0.193. The maximum atomic E-state index is 13.1. The molecule has 166 valence electrons. The number of rotatable bonds is 7. The van der Waals surface area contributed by atoms with Gasteiger partial charge >= 0.3 is 12.5 Å². The van der Waals surface area contributed by atoms with E-state index in [1.165, 1.54) is 18.3 Å². The van der Waals surface area contributed by atoms with E-state index in [9.17, 15) is 27.2 Å². The lowest BCUT2D eigenvalue weighted by Gasteiger charge is -2.25. The summed E-state index contributed by atoms with van der Waals surface area (Å²) in [6.45, 7) is 5.41. The summed E-state index contributed by atoms with van der Waals surface area (Å²) in [4.78, 5) is 30.6. The van der Waals surface area contributed by atoms with Crippen molar-refractivity contribution < 1.29 is 31.9 Å². The number of anilines is 1. The Morgan fingerprint density at radius 3 is 2.39 bits per heavy atom. The van der Waals surface area contributed by atoms with Crippen molar-refractivity contribution in [1.29, 1.82) is 0 Å². The van der Waals surface area contributed by atoms with E-state index >= 15 is 0 Å². The third kappa shape index (κ3) is 4.62. The number of halogens is 4. The van der Waals surface area contributed by atoms with Gasteiger partial charge in [-0.05, 0) is 30.7 Å². The van der Waals surface area contributed by atoms with Crippen molar-refractivity contribution in [1.82, 2.24) is 9.88 Å². The summed E-state index contributed by atoms with van der Waals surface area (Å²) in [6, 6.07) is 6.25. The van der Waals surface area contributed by atoms with Crippen molar-refractivity contribution in [3.63, 3.8) is 0 Å². The Kier molecular flexibility index (Phi) is 6.19. The number of fused-ring (bicyclic) bond motifs is 1. The van der Waals surface area contributed by atoms with Crippen molar-refractivity contribution >= 4 is 17.6 Å². The van der Waals surface area contributed by atoms with Gasteiger partial charge in [0.1, 0.15) is 11.6 Å². The average molecular weight is 439 g/mol. The second-order valence-corrected chi connectivity index (χ2v) is 7.47. The first-order valence-corrected chi connectivity index (χ1v) is 9.56. The first kappa shape index (κ1) is 22.5. The molecule has 2 amide bonds. The van der Waals surface area contributed by atoms with Gasteiger partial charge in [-0.15, -0.1) is 0 Å². The van der Waals surface area contributed by atoms with Crippen molar-refractivity contribution in [2.24, 2.45) is 5.92 Å². The van der Waals surface area contributed by atoms with Crippen LogP contribution in [0.5, 0.6) is 5.75 Å². The Balaban J connectivity index is 1.77. The van der Waals surface area contributed by atoms with E-state index in [1.807, 2.05) is 0 Å². The molecule has 0 spiro atoms. The van der Waals surface area contributed by atoms with Gasteiger partial charge in [0.2, 0.25) is 5.91 Å². The number of ether oxygens (including phenoxy) is 1. The Morgan fingerprint density at radius 2 is 1.81 bits per heavy atom. The fraction of sp³-hybridized carbons (Fsp3) is 0.381. The topological polar surface area (TPSA) is 71.5 Å². The minimum atomic E-state index is -4.59. The molecule has 0 bridgehead atoms. The van der Waals surface area contributed by atoms with Gasteiger partial charge in [0.05, 0.1) is 12.6 Å². The van der Waals surface area contributed by atoms with Gasteiger partial charge in [-0.2, -0.15) is 17.6 Å². The van der Waals surface area contributed by atoms with E-state index in [-0.39, 0.29) is 24.3 Å². The highest BCUT2D eigenvalue weighted by Gasteiger charge is 2.44. The molecule has 2 heterocycles. The zero-order valence-electron chi connectivity index (χ0n) is 17.0. The standard InChI is InChI=1S/C21H21F4N3O3/c1-11(2)18(29)27-17-16-10-28(19(30)15(16)8-9-26-17)12(3)13-4-6-14(7-5-13)31-21(24,25)20(22)23/h4-9,11-12,20H,10H2,1-3H3,(H,26,27,29). The molecule has 10 heteroatoms. The Labute approximate surface area is 176 Å². The van der Waals surface area contributed by atoms with Crippen molar-refractivity contribution in [3.8, 4) is 5.75 Å². The van der Waals surface area contributed by atoms with Crippen LogP contribution in [0.3, 0.4) is 0 Å². The van der Waals surface area contributed by atoms with Crippen LogP contribution in [0.4, 0.5) is 23.4 Å². The van der Waals surface area contributed by atoms with Crippen LogP contribution >= 0.6 is 0 Å². The molecule has 1 N–H and O–H groups in total. The second kappa shape index (κ2) is 8.52. The van der Waals surface area contributed by atoms with Gasteiger partial charge in [-0.3, -0.25) is 9.59 Å². The highest BCUT2D eigenvalue weighted by Crippen LogP contribution is 2.35. The largest absolute Gasteiger partial charge is 0.461 e. The Hall–Kier alpha value is -3.17. The highest BCUT2D eigenvalue weighted by atomic mass is 19.3. The molecule has 31 heavy (non-hydrogen) atoms. The molecule has 0 aliphatic carbocycles. The maximum Gasteiger partial charge on any atom is 0.461 e. The van der Waals surface area contributed by atoms with Crippen LogP contribution in [-0.4, -0.2) is 34.2 Å². The number of benzene rings is 1. The molecule has 1 aliphatic rings. The van der Waals surface area contributed by atoms with Crippen LogP contribution < -0.4 is 10.1 Å². The van der Waals surface area contributed by atoms with Crippen LogP contribution in [0.25, 0.3) is 0 Å². The van der Waals surface area contributed by atoms with Crippen LogP contribution in [0.15, 0.2) is 36.5 Å². The fourth-order valence-corrected chi connectivity index (χ4v) is 3.13. The zero-order chi connectivity index (χ0) is 22.9. The van der Waals surface area contributed by atoms with Crippen molar-refractivity contribution in [3.05, 3.63) is 53.2 Å². The number of carbonyl (C=O) groups is 2. The number of carbonyl (C=O) groups excluding carboxylic acids is 2. The molecule has 1 aromatic carbocycles. The lowest BCUT2D eigenvalue weighted by atomic mass is 10.1. The first-order valence-electron chi connectivity index (χ1n) is 9.56. The molecular weight excluding hydrogens is 418 g/mol. The summed E-state index contributed by atoms with van der Waals surface area (Å²) in [5.74, 6) is -0.856. The van der Waals surface area contributed by atoms with Gasteiger partial charge in [-0.25, -0.2) is 4.98 Å². The lowest BCUT2D eigenvalue weighted by Crippen LogP contribution is -2.33. The van der Waals surface area contributed by atoms with Gasteiger partial charge in [0.25, 0.3) is 5.91 Å². The molecule has 0 saturated carbocycles. The SMILES string of the molecule is CC(C)C(=O)Nc1nccc2c1CN(C(C)c1ccc(OC(F)(F)C(F)F)cc1)C2=O. The molecule has 1 aromatic heterocycles. The monoisotopic (exact) mass is 439 g/mol. The van der Waals surface area contributed by atoms with E-state index in [4.69, 9.17) is 0 Å². The van der Waals surface area contributed by atoms with Crippen LogP contribution in [0, 0.1) is 5.92 Å². The normalized spacial score (nSPS) is 14.7. The zero-order valence-corrected chi connectivity index (χ0v) is 17.0. The molecule has 0 radical (unpaired) electrons. The molecular formula is C21H21F4N3O3.